The Hall–Kier alpha value is -2.13. The molecule has 0 atom stereocenters. The van der Waals surface area contributed by atoms with Gasteiger partial charge in [0, 0.05) is 13.1 Å². The van der Waals surface area contributed by atoms with Gasteiger partial charge in [0.25, 0.3) is 5.69 Å². The summed E-state index contributed by atoms with van der Waals surface area (Å²) in [5, 5.41) is 19.7. The molecule has 0 unspecified atom stereocenters. The predicted octanol–water partition coefficient (Wildman–Crippen LogP) is 1.94. The van der Waals surface area contributed by atoms with E-state index in [0.29, 0.717) is 5.75 Å². The molecule has 0 radical (unpaired) electrons. The molecule has 0 amide bonds. The summed E-state index contributed by atoms with van der Waals surface area (Å²) < 4.78 is 5.75. The highest BCUT2D eigenvalue weighted by Crippen LogP contribution is 2.26. The number of nitrogens with zero attached hydrogens (tertiary/aromatic N) is 3. The smallest absolute Gasteiger partial charge is 0.290 e. The minimum absolute atomic E-state index is 0.0562. The fourth-order valence-corrected chi connectivity index (χ4v) is 2.13. The third-order valence-electron chi connectivity index (χ3n) is 3.25. The number of rotatable bonds is 3. The van der Waals surface area contributed by atoms with E-state index in [1.165, 1.54) is 12.1 Å². The van der Waals surface area contributed by atoms with Gasteiger partial charge in [-0.25, -0.2) is 0 Å². The maximum absolute atomic E-state index is 10.9. The summed E-state index contributed by atoms with van der Waals surface area (Å²) in [5.74, 6) is 0.459. The van der Waals surface area contributed by atoms with Gasteiger partial charge in [0.15, 0.2) is 0 Å². The van der Waals surface area contributed by atoms with Crippen LogP contribution in [0.15, 0.2) is 18.2 Å². The largest absolute Gasteiger partial charge is 0.490 e. The molecule has 1 aliphatic rings. The second-order valence-corrected chi connectivity index (χ2v) is 4.67. The van der Waals surface area contributed by atoms with Crippen molar-refractivity contribution in [1.29, 1.82) is 5.26 Å². The first-order valence-electron chi connectivity index (χ1n) is 6.14. The van der Waals surface area contributed by atoms with Crippen molar-refractivity contribution in [1.82, 2.24) is 4.90 Å². The van der Waals surface area contributed by atoms with Crippen LogP contribution < -0.4 is 4.74 Å². The monoisotopic (exact) mass is 261 g/mol. The van der Waals surface area contributed by atoms with Crippen molar-refractivity contribution in [2.75, 3.05) is 20.1 Å². The second kappa shape index (κ2) is 5.67. The molecule has 2 rings (SSSR count). The number of benzene rings is 1. The first-order chi connectivity index (χ1) is 9.10. The molecule has 0 aromatic heterocycles. The minimum atomic E-state index is -0.555. The lowest BCUT2D eigenvalue weighted by Crippen LogP contribution is -2.35. The molecular weight excluding hydrogens is 246 g/mol. The lowest BCUT2D eigenvalue weighted by molar-refractivity contribution is -0.385. The highest BCUT2D eigenvalue weighted by molar-refractivity contribution is 5.52. The predicted molar refractivity (Wildman–Crippen MR) is 69.0 cm³/mol. The first-order valence-corrected chi connectivity index (χ1v) is 6.14. The van der Waals surface area contributed by atoms with E-state index in [9.17, 15) is 10.1 Å². The van der Waals surface area contributed by atoms with E-state index < -0.39 is 4.92 Å². The molecular formula is C13H15N3O3. The number of hydrogen-bond donors (Lipinski definition) is 0. The van der Waals surface area contributed by atoms with Gasteiger partial charge in [-0.3, -0.25) is 10.1 Å². The Morgan fingerprint density at radius 1 is 1.47 bits per heavy atom. The highest BCUT2D eigenvalue weighted by atomic mass is 16.6. The average Bonchev–Trinajstić information content (AvgIpc) is 2.41. The number of nitro benzene ring substituents is 1. The van der Waals surface area contributed by atoms with E-state index in [1.54, 1.807) is 6.07 Å². The lowest BCUT2D eigenvalue weighted by atomic mass is 10.1. The fraction of sp³-hybridized carbons (Fsp3) is 0.462. The molecule has 1 saturated heterocycles. The van der Waals surface area contributed by atoms with E-state index in [4.69, 9.17) is 10.00 Å². The van der Waals surface area contributed by atoms with Crippen LogP contribution in [0, 0.1) is 21.4 Å². The van der Waals surface area contributed by atoms with E-state index in [-0.39, 0.29) is 17.4 Å². The summed E-state index contributed by atoms with van der Waals surface area (Å²) in [7, 11) is 2.06. The SMILES string of the molecule is CN1CCC(Oc2ccc(C#N)c([N+](=O)[O-])c2)CC1. The Kier molecular flexibility index (Phi) is 3.97. The Labute approximate surface area is 111 Å². The molecule has 0 bridgehead atoms. The highest BCUT2D eigenvalue weighted by Gasteiger charge is 2.20. The molecule has 6 heteroatoms. The Morgan fingerprint density at radius 2 is 2.16 bits per heavy atom. The van der Waals surface area contributed by atoms with Crippen LogP contribution in [0.4, 0.5) is 5.69 Å². The molecule has 1 aliphatic heterocycles. The van der Waals surface area contributed by atoms with Crippen LogP contribution in [0.1, 0.15) is 18.4 Å². The molecule has 0 saturated carbocycles. The van der Waals surface area contributed by atoms with Crippen LogP contribution in [0.5, 0.6) is 5.75 Å². The van der Waals surface area contributed by atoms with E-state index in [1.807, 2.05) is 6.07 Å². The van der Waals surface area contributed by atoms with Crippen molar-refractivity contribution >= 4 is 5.69 Å². The molecule has 0 N–H and O–H groups in total. The van der Waals surface area contributed by atoms with Gasteiger partial charge in [-0.05, 0) is 32.0 Å². The minimum Gasteiger partial charge on any atom is -0.490 e. The molecule has 1 aromatic carbocycles. The van der Waals surface area contributed by atoms with Crippen molar-refractivity contribution in [3.05, 3.63) is 33.9 Å². The van der Waals surface area contributed by atoms with Gasteiger partial charge in [0.1, 0.15) is 23.5 Å². The van der Waals surface area contributed by atoms with Gasteiger partial charge in [0.05, 0.1) is 11.0 Å². The maximum atomic E-state index is 10.9. The molecule has 6 nitrogen and oxygen atoms in total. The number of nitriles is 1. The van der Waals surface area contributed by atoms with Crippen molar-refractivity contribution in [2.24, 2.45) is 0 Å². The fourth-order valence-electron chi connectivity index (χ4n) is 2.13. The molecule has 19 heavy (non-hydrogen) atoms. The van der Waals surface area contributed by atoms with Crippen LogP contribution in [0.3, 0.4) is 0 Å². The number of piperidine rings is 1. The Bertz CT molecular complexity index is 516. The zero-order valence-corrected chi connectivity index (χ0v) is 10.7. The summed E-state index contributed by atoms with van der Waals surface area (Å²) in [6, 6.07) is 6.19. The first kappa shape index (κ1) is 13.3. The molecule has 1 fully saturated rings. The van der Waals surface area contributed by atoms with E-state index in [0.717, 1.165) is 25.9 Å². The standard InChI is InChI=1S/C13H15N3O3/c1-15-6-4-11(5-7-15)19-12-3-2-10(9-14)13(8-12)16(17)18/h2-3,8,11H,4-7H2,1H3. The number of nitro groups is 1. The van der Waals surface area contributed by atoms with Crippen LogP contribution >= 0.6 is 0 Å². The second-order valence-electron chi connectivity index (χ2n) is 4.67. The zero-order valence-electron chi connectivity index (χ0n) is 10.7. The Morgan fingerprint density at radius 3 is 2.74 bits per heavy atom. The van der Waals surface area contributed by atoms with Crippen LogP contribution in [0.25, 0.3) is 0 Å². The third kappa shape index (κ3) is 3.20. The number of hydrogen-bond acceptors (Lipinski definition) is 5. The molecule has 0 spiro atoms. The molecule has 0 aliphatic carbocycles. The quantitative estimate of drug-likeness (QED) is 0.613. The van der Waals surface area contributed by atoms with Crippen LogP contribution in [-0.4, -0.2) is 36.1 Å². The number of likely N-dealkylation sites (tertiary alicyclic amines) is 1. The molecule has 1 aromatic rings. The van der Waals surface area contributed by atoms with Gasteiger partial charge in [-0.2, -0.15) is 5.26 Å². The van der Waals surface area contributed by atoms with Crippen molar-refractivity contribution in [2.45, 2.75) is 18.9 Å². The Balaban J connectivity index is 2.11. The topological polar surface area (TPSA) is 79.4 Å². The van der Waals surface area contributed by atoms with Gasteiger partial charge in [-0.1, -0.05) is 0 Å². The van der Waals surface area contributed by atoms with Crippen LogP contribution in [-0.2, 0) is 0 Å². The average molecular weight is 261 g/mol. The number of ether oxygens (including phenoxy) is 1. The van der Waals surface area contributed by atoms with E-state index >= 15 is 0 Å². The van der Waals surface area contributed by atoms with Crippen LogP contribution in [0.2, 0.25) is 0 Å². The van der Waals surface area contributed by atoms with E-state index in [2.05, 4.69) is 11.9 Å². The third-order valence-corrected chi connectivity index (χ3v) is 3.25. The summed E-state index contributed by atoms with van der Waals surface area (Å²) in [5.41, 5.74) is -0.145. The zero-order chi connectivity index (χ0) is 13.8. The normalized spacial score (nSPS) is 16.8. The summed E-state index contributed by atoms with van der Waals surface area (Å²) >= 11 is 0. The summed E-state index contributed by atoms with van der Waals surface area (Å²) in [4.78, 5) is 12.5. The van der Waals surface area contributed by atoms with Crippen molar-refractivity contribution < 1.29 is 9.66 Å². The van der Waals surface area contributed by atoms with Gasteiger partial charge in [0.2, 0.25) is 0 Å². The van der Waals surface area contributed by atoms with Gasteiger partial charge < -0.3 is 9.64 Å². The summed E-state index contributed by atoms with van der Waals surface area (Å²) in [6.45, 7) is 1.92. The van der Waals surface area contributed by atoms with Gasteiger partial charge >= 0.3 is 0 Å². The van der Waals surface area contributed by atoms with Crippen molar-refractivity contribution in [3.8, 4) is 11.8 Å². The van der Waals surface area contributed by atoms with Crippen molar-refractivity contribution in [3.63, 3.8) is 0 Å². The molecule has 100 valence electrons. The maximum Gasteiger partial charge on any atom is 0.290 e. The lowest BCUT2D eigenvalue weighted by Gasteiger charge is -2.29. The van der Waals surface area contributed by atoms with Gasteiger partial charge in [-0.15, -0.1) is 0 Å². The molecule has 1 heterocycles. The summed E-state index contributed by atoms with van der Waals surface area (Å²) in [6.07, 6.45) is 1.90.